The molecule has 1 amide bonds. The monoisotopic (exact) mass is 484 g/mol. The zero-order valence-corrected chi connectivity index (χ0v) is 18.9. The first-order chi connectivity index (χ1) is 14.8. The minimum atomic E-state index is -0.557. The number of nitrogens with zero attached hydrogens (tertiary/aromatic N) is 1. The quantitative estimate of drug-likeness (QED) is 0.349. The van der Waals surface area contributed by atoms with Crippen molar-refractivity contribution in [3.63, 3.8) is 0 Å². The number of rotatable bonds is 7. The van der Waals surface area contributed by atoms with Gasteiger partial charge in [-0.05, 0) is 76.5 Å². The Labute approximate surface area is 188 Å². The van der Waals surface area contributed by atoms with E-state index in [1.807, 2.05) is 6.92 Å². The van der Waals surface area contributed by atoms with Gasteiger partial charge in [0.25, 0.3) is 0 Å². The van der Waals surface area contributed by atoms with Crippen LogP contribution in [0.1, 0.15) is 25.0 Å². The first kappa shape index (κ1) is 22.3. The van der Waals surface area contributed by atoms with Gasteiger partial charge in [0, 0.05) is 18.2 Å². The average molecular weight is 485 g/mol. The standard InChI is InChI=1S/C23H21BrN2O5/c1-13(2)12-30-21-18(24)9-15(11-20(21)29-4)10-19-23(28)31-22(26-19)16-5-7-17(8-6-16)25-14(3)27/h5-11H,1,12H2,2-4H3,(H,25,27)/b19-10-. The van der Waals surface area contributed by atoms with Crippen LogP contribution in [0.5, 0.6) is 11.5 Å². The topological polar surface area (TPSA) is 86.2 Å². The average Bonchev–Trinajstić information content (AvgIpc) is 3.07. The highest BCUT2D eigenvalue weighted by molar-refractivity contribution is 9.10. The van der Waals surface area contributed by atoms with Crippen LogP contribution in [0.2, 0.25) is 0 Å². The molecule has 0 aliphatic carbocycles. The third-order valence-electron chi connectivity index (χ3n) is 4.09. The van der Waals surface area contributed by atoms with Gasteiger partial charge in [0.15, 0.2) is 17.2 Å². The van der Waals surface area contributed by atoms with Crippen LogP contribution in [0.25, 0.3) is 6.08 Å². The van der Waals surface area contributed by atoms with E-state index < -0.39 is 5.97 Å². The van der Waals surface area contributed by atoms with E-state index in [0.717, 1.165) is 5.57 Å². The SMILES string of the molecule is C=C(C)COc1c(Br)cc(/C=C2\N=C(c3ccc(NC(C)=O)cc3)OC2=O)cc1OC. The molecule has 31 heavy (non-hydrogen) atoms. The minimum absolute atomic E-state index is 0.158. The summed E-state index contributed by atoms with van der Waals surface area (Å²) in [7, 11) is 1.54. The van der Waals surface area contributed by atoms with Gasteiger partial charge in [-0.15, -0.1) is 0 Å². The fourth-order valence-corrected chi connectivity index (χ4v) is 3.32. The number of hydrogen-bond acceptors (Lipinski definition) is 6. The van der Waals surface area contributed by atoms with Crippen LogP contribution in [0, 0.1) is 0 Å². The maximum atomic E-state index is 12.3. The molecule has 0 spiro atoms. The summed E-state index contributed by atoms with van der Waals surface area (Å²) in [5, 5.41) is 2.68. The molecule has 0 fully saturated rings. The smallest absolute Gasteiger partial charge is 0.363 e. The van der Waals surface area contributed by atoms with Gasteiger partial charge in [0.1, 0.15) is 6.61 Å². The lowest BCUT2D eigenvalue weighted by molar-refractivity contribution is -0.129. The number of cyclic esters (lactones) is 1. The Bertz CT molecular complexity index is 1100. The van der Waals surface area contributed by atoms with Gasteiger partial charge in [-0.25, -0.2) is 9.79 Å². The third kappa shape index (κ3) is 5.61. The number of ether oxygens (including phenoxy) is 3. The molecule has 1 aliphatic heterocycles. The largest absolute Gasteiger partial charge is 0.493 e. The molecular weight excluding hydrogens is 464 g/mol. The van der Waals surface area contributed by atoms with Crippen LogP contribution in [0.15, 0.2) is 63.7 Å². The molecule has 3 rings (SSSR count). The van der Waals surface area contributed by atoms with Crippen LogP contribution < -0.4 is 14.8 Å². The molecule has 0 atom stereocenters. The van der Waals surface area contributed by atoms with E-state index >= 15 is 0 Å². The first-order valence-electron chi connectivity index (χ1n) is 9.32. The van der Waals surface area contributed by atoms with Crippen molar-refractivity contribution in [2.24, 2.45) is 4.99 Å². The molecule has 1 aliphatic rings. The molecule has 1 heterocycles. The zero-order chi connectivity index (χ0) is 22.5. The van der Waals surface area contributed by atoms with Crippen molar-refractivity contribution in [2.45, 2.75) is 13.8 Å². The molecule has 0 bridgehead atoms. The van der Waals surface area contributed by atoms with E-state index in [1.165, 1.54) is 14.0 Å². The molecule has 2 aromatic rings. The summed E-state index contributed by atoms with van der Waals surface area (Å²) in [5.41, 5.74) is 2.98. The summed E-state index contributed by atoms with van der Waals surface area (Å²) >= 11 is 3.48. The van der Waals surface area contributed by atoms with Gasteiger partial charge in [0.2, 0.25) is 11.8 Å². The molecule has 0 aromatic heterocycles. The third-order valence-corrected chi connectivity index (χ3v) is 4.68. The predicted octanol–water partition coefficient (Wildman–Crippen LogP) is 4.72. The van der Waals surface area contributed by atoms with Crippen molar-refractivity contribution < 1.29 is 23.8 Å². The fraction of sp³-hybridized carbons (Fsp3) is 0.174. The molecule has 7 nitrogen and oxygen atoms in total. The molecule has 0 unspecified atom stereocenters. The number of benzene rings is 2. The Balaban J connectivity index is 1.86. The van der Waals surface area contributed by atoms with Crippen LogP contribution in [0.3, 0.4) is 0 Å². The number of hydrogen-bond donors (Lipinski definition) is 1. The number of nitrogens with one attached hydrogen (secondary N) is 1. The number of esters is 1. The van der Waals surface area contributed by atoms with Gasteiger partial charge in [-0.1, -0.05) is 6.58 Å². The van der Waals surface area contributed by atoms with Gasteiger partial charge >= 0.3 is 5.97 Å². The van der Waals surface area contributed by atoms with Crippen LogP contribution in [-0.4, -0.2) is 31.5 Å². The van der Waals surface area contributed by atoms with Crippen LogP contribution >= 0.6 is 15.9 Å². The van der Waals surface area contributed by atoms with E-state index in [4.69, 9.17) is 14.2 Å². The molecule has 2 aromatic carbocycles. The van der Waals surface area contributed by atoms with E-state index in [0.29, 0.717) is 39.4 Å². The Hall–Kier alpha value is -3.39. The minimum Gasteiger partial charge on any atom is -0.493 e. The summed E-state index contributed by atoms with van der Waals surface area (Å²) < 4.78 is 17.1. The summed E-state index contributed by atoms with van der Waals surface area (Å²) in [5.74, 6) is 0.522. The summed E-state index contributed by atoms with van der Waals surface area (Å²) in [4.78, 5) is 27.8. The maximum absolute atomic E-state index is 12.3. The van der Waals surface area contributed by atoms with Crippen molar-refractivity contribution in [1.29, 1.82) is 0 Å². The molecule has 0 radical (unpaired) electrons. The van der Waals surface area contributed by atoms with E-state index in [2.05, 4.69) is 32.8 Å². The number of aliphatic imine (C=N–C) groups is 1. The van der Waals surface area contributed by atoms with Crippen molar-refractivity contribution in [3.05, 3.63) is 69.8 Å². The zero-order valence-electron chi connectivity index (χ0n) is 17.3. The van der Waals surface area contributed by atoms with Crippen molar-refractivity contribution in [2.75, 3.05) is 19.0 Å². The van der Waals surface area contributed by atoms with Gasteiger partial charge in [-0.2, -0.15) is 0 Å². The summed E-state index contributed by atoms with van der Waals surface area (Å²) in [6.07, 6.45) is 1.61. The molecule has 8 heteroatoms. The van der Waals surface area contributed by atoms with Gasteiger partial charge < -0.3 is 19.5 Å². The lowest BCUT2D eigenvalue weighted by atomic mass is 10.1. The van der Waals surface area contributed by atoms with Crippen LogP contribution in [0.4, 0.5) is 5.69 Å². The second-order valence-corrected chi connectivity index (χ2v) is 7.73. The van der Waals surface area contributed by atoms with Crippen LogP contribution in [-0.2, 0) is 14.3 Å². The Kier molecular flexibility index (Phi) is 6.91. The Morgan fingerprint density at radius 3 is 2.58 bits per heavy atom. The number of carbonyl (C=O) groups excluding carboxylic acids is 2. The lowest BCUT2D eigenvalue weighted by Gasteiger charge is -2.13. The number of anilines is 1. The highest BCUT2D eigenvalue weighted by Crippen LogP contribution is 2.37. The number of methoxy groups -OCH3 is 1. The molecule has 1 N–H and O–H groups in total. The van der Waals surface area contributed by atoms with Gasteiger partial charge in [0.05, 0.1) is 11.6 Å². The van der Waals surface area contributed by atoms with E-state index in [-0.39, 0.29) is 17.5 Å². The highest BCUT2D eigenvalue weighted by Gasteiger charge is 2.24. The van der Waals surface area contributed by atoms with Crippen molar-refractivity contribution in [3.8, 4) is 11.5 Å². The molecule has 160 valence electrons. The second-order valence-electron chi connectivity index (χ2n) is 6.87. The van der Waals surface area contributed by atoms with E-state index in [9.17, 15) is 9.59 Å². The van der Waals surface area contributed by atoms with Crippen molar-refractivity contribution in [1.82, 2.24) is 0 Å². The Morgan fingerprint density at radius 1 is 1.26 bits per heavy atom. The number of halogens is 1. The Morgan fingerprint density at radius 2 is 1.97 bits per heavy atom. The molecule has 0 saturated carbocycles. The van der Waals surface area contributed by atoms with E-state index in [1.54, 1.807) is 42.5 Å². The first-order valence-corrected chi connectivity index (χ1v) is 10.1. The number of carbonyl (C=O) groups is 2. The van der Waals surface area contributed by atoms with Crippen molar-refractivity contribution >= 4 is 45.5 Å². The molecular formula is C23H21BrN2O5. The molecule has 0 saturated heterocycles. The number of amides is 1. The summed E-state index contributed by atoms with van der Waals surface area (Å²) in [6, 6.07) is 10.4. The maximum Gasteiger partial charge on any atom is 0.363 e. The fourth-order valence-electron chi connectivity index (χ4n) is 2.75. The predicted molar refractivity (Wildman–Crippen MR) is 122 cm³/mol. The normalized spacial score (nSPS) is 14.1. The second kappa shape index (κ2) is 9.61. The summed E-state index contributed by atoms with van der Waals surface area (Å²) in [6.45, 7) is 7.48. The van der Waals surface area contributed by atoms with Gasteiger partial charge in [-0.3, -0.25) is 4.79 Å². The lowest BCUT2D eigenvalue weighted by Crippen LogP contribution is -2.07. The highest BCUT2D eigenvalue weighted by atomic mass is 79.9.